The van der Waals surface area contributed by atoms with Crippen LogP contribution in [0.3, 0.4) is 0 Å². The SMILES string of the molecule is CCC(Oc1ccccc1C)C(=O)Nc1cccc(OC(C)C)c1. The summed E-state index contributed by atoms with van der Waals surface area (Å²) in [5, 5.41) is 2.90. The minimum absolute atomic E-state index is 0.0868. The summed E-state index contributed by atoms with van der Waals surface area (Å²) in [4.78, 5) is 12.5. The Hall–Kier alpha value is -2.49. The van der Waals surface area contributed by atoms with Crippen LogP contribution < -0.4 is 14.8 Å². The molecule has 1 amide bonds. The maximum Gasteiger partial charge on any atom is 0.265 e. The Morgan fingerprint density at radius 2 is 1.83 bits per heavy atom. The van der Waals surface area contributed by atoms with E-state index in [2.05, 4.69) is 5.32 Å². The number of carbonyl (C=O) groups is 1. The first-order chi connectivity index (χ1) is 11.5. The number of hydrogen-bond acceptors (Lipinski definition) is 3. The normalized spacial score (nSPS) is 11.9. The average molecular weight is 327 g/mol. The van der Waals surface area contributed by atoms with Crippen molar-refractivity contribution >= 4 is 11.6 Å². The highest BCUT2D eigenvalue weighted by Crippen LogP contribution is 2.21. The molecule has 2 aromatic carbocycles. The molecule has 1 atom stereocenters. The molecule has 0 fully saturated rings. The van der Waals surface area contributed by atoms with Gasteiger partial charge in [0.2, 0.25) is 0 Å². The highest BCUT2D eigenvalue weighted by atomic mass is 16.5. The van der Waals surface area contributed by atoms with Crippen LogP contribution in [0.25, 0.3) is 0 Å². The lowest BCUT2D eigenvalue weighted by Crippen LogP contribution is -2.32. The molecule has 0 saturated carbocycles. The lowest BCUT2D eigenvalue weighted by atomic mass is 10.2. The number of hydrogen-bond donors (Lipinski definition) is 1. The van der Waals surface area contributed by atoms with Crippen molar-refractivity contribution in [2.75, 3.05) is 5.32 Å². The van der Waals surface area contributed by atoms with Crippen LogP contribution in [-0.4, -0.2) is 18.1 Å². The molecule has 0 aliphatic rings. The Kier molecular flexibility index (Phi) is 6.24. The zero-order chi connectivity index (χ0) is 17.5. The van der Waals surface area contributed by atoms with E-state index in [1.807, 2.05) is 76.2 Å². The first kappa shape index (κ1) is 17.9. The first-order valence-corrected chi connectivity index (χ1v) is 8.29. The fourth-order valence-corrected chi connectivity index (χ4v) is 2.31. The monoisotopic (exact) mass is 327 g/mol. The third-order valence-corrected chi connectivity index (χ3v) is 3.50. The molecule has 4 nitrogen and oxygen atoms in total. The number of amides is 1. The van der Waals surface area contributed by atoms with Crippen LogP contribution in [0.2, 0.25) is 0 Å². The van der Waals surface area contributed by atoms with Gasteiger partial charge in [-0.15, -0.1) is 0 Å². The van der Waals surface area contributed by atoms with Gasteiger partial charge in [0.15, 0.2) is 6.10 Å². The van der Waals surface area contributed by atoms with Crippen LogP contribution in [0, 0.1) is 6.92 Å². The number of ether oxygens (including phenoxy) is 2. The van der Waals surface area contributed by atoms with Crippen molar-refractivity contribution in [2.24, 2.45) is 0 Å². The Labute approximate surface area is 143 Å². The van der Waals surface area contributed by atoms with Gasteiger partial charge in [0.1, 0.15) is 11.5 Å². The maximum atomic E-state index is 12.5. The molecular weight excluding hydrogens is 302 g/mol. The van der Waals surface area contributed by atoms with Gasteiger partial charge in [-0.2, -0.15) is 0 Å². The van der Waals surface area contributed by atoms with Gasteiger partial charge in [-0.05, 0) is 51.0 Å². The number of benzene rings is 2. The lowest BCUT2D eigenvalue weighted by molar-refractivity contribution is -0.122. The summed E-state index contributed by atoms with van der Waals surface area (Å²) in [6.45, 7) is 7.83. The smallest absolute Gasteiger partial charge is 0.265 e. The predicted octanol–water partition coefficient (Wildman–Crippen LogP) is 4.58. The van der Waals surface area contributed by atoms with Crippen molar-refractivity contribution in [3.63, 3.8) is 0 Å². The van der Waals surface area contributed by atoms with E-state index in [0.717, 1.165) is 17.1 Å². The van der Waals surface area contributed by atoms with Gasteiger partial charge < -0.3 is 14.8 Å². The summed E-state index contributed by atoms with van der Waals surface area (Å²) in [5.74, 6) is 1.30. The molecule has 0 spiro atoms. The second-order valence-electron chi connectivity index (χ2n) is 5.96. The summed E-state index contributed by atoms with van der Waals surface area (Å²) in [5.41, 5.74) is 1.71. The summed E-state index contributed by atoms with van der Waals surface area (Å²) in [7, 11) is 0. The Morgan fingerprint density at radius 3 is 2.50 bits per heavy atom. The Bertz CT molecular complexity index is 682. The third-order valence-electron chi connectivity index (χ3n) is 3.50. The molecule has 0 bridgehead atoms. The highest BCUT2D eigenvalue weighted by Gasteiger charge is 2.19. The molecule has 0 radical (unpaired) electrons. The van der Waals surface area contributed by atoms with E-state index in [1.165, 1.54) is 0 Å². The molecule has 2 aromatic rings. The van der Waals surface area contributed by atoms with E-state index in [1.54, 1.807) is 0 Å². The van der Waals surface area contributed by atoms with Crippen LogP contribution in [0.4, 0.5) is 5.69 Å². The number of aryl methyl sites for hydroxylation is 1. The van der Waals surface area contributed by atoms with Gasteiger partial charge in [-0.3, -0.25) is 4.79 Å². The van der Waals surface area contributed by atoms with Crippen LogP contribution in [-0.2, 0) is 4.79 Å². The van der Waals surface area contributed by atoms with Gasteiger partial charge in [-0.25, -0.2) is 0 Å². The molecule has 0 heterocycles. The molecular formula is C20H25NO3. The summed E-state index contributed by atoms with van der Waals surface area (Å²) in [6.07, 6.45) is 0.132. The highest BCUT2D eigenvalue weighted by molar-refractivity contribution is 5.94. The molecule has 1 N–H and O–H groups in total. The van der Waals surface area contributed by atoms with Gasteiger partial charge in [0.25, 0.3) is 5.91 Å². The van der Waals surface area contributed by atoms with E-state index >= 15 is 0 Å². The summed E-state index contributed by atoms with van der Waals surface area (Å²) < 4.78 is 11.5. The van der Waals surface area contributed by atoms with Crippen LogP contribution >= 0.6 is 0 Å². The standard InChI is InChI=1S/C20H25NO3/c1-5-18(24-19-12-7-6-9-15(19)4)20(22)21-16-10-8-11-17(13-16)23-14(2)3/h6-14,18H,5H2,1-4H3,(H,21,22). The van der Waals surface area contributed by atoms with Crippen LogP contribution in [0.5, 0.6) is 11.5 Å². The van der Waals surface area contributed by atoms with Crippen molar-refractivity contribution < 1.29 is 14.3 Å². The molecule has 0 aliphatic carbocycles. The van der Waals surface area contributed by atoms with E-state index in [0.29, 0.717) is 12.1 Å². The molecule has 0 saturated heterocycles. The van der Waals surface area contributed by atoms with Crippen molar-refractivity contribution in [1.29, 1.82) is 0 Å². The maximum absolute atomic E-state index is 12.5. The van der Waals surface area contributed by atoms with E-state index in [9.17, 15) is 4.79 Å². The fraction of sp³-hybridized carbons (Fsp3) is 0.350. The molecule has 4 heteroatoms. The molecule has 2 rings (SSSR count). The summed E-state index contributed by atoms with van der Waals surface area (Å²) in [6, 6.07) is 15.1. The van der Waals surface area contributed by atoms with Gasteiger partial charge in [0.05, 0.1) is 6.10 Å². The van der Waals surface area contributed by atoms with E-state index < -0.39 is 6.10 Å². The zero-order valence-electron chi connectivity index (χ0n) is 14.7. The van der Waals surface area contributed by atoms with Crippen molar-refractivity contribution in [3.8, 4) is 11.5 Å². The van der Waals surface area contributed by atoms with Crippen molar-refractivity contribution in [1.82, 2.24) is 0 Å². The minimum atomic E-state index is -0.541. The number of nitrogens with one attached hydrogen (secondary N) is 1. The van der Waals surface area contributed by atoms with Crippen LogP contribution in [0.1, 0.15) is 32.8 Å². The minimum Gasteiger partial charge on any atom is -0.491 e. The lowest BCUT2D eigenvalue weighted by Gasteiger charge is -2.19. The third kappa shape index (κ3) is 5.01. The van der Waals surface area contributed by atoms with Crippen molar-refractivity contribution in [3.05, 3.63) is 54.1 Å². The van der Waals surface area contributed by atoms with Crippen LogP contribution in [0.15, 0.2) is 48.5 Å². The average Bonchev–Trinajstić information content (AvgIpc) is 2.53. The molecule has 0 aliphatic heterocycles. The van der Waals surface area contributed by atoms with E-state index in [4.69, 9.17) is 9.47 Å². The van der Waals surface area contributed by atoms with Gasteiger partial charge >= 0.3 is 0 Å². The van der Waals surface area contributed by atoms with Crippen molar-refractivity contribution in [2.45, 2.75) is 46.3 Å². The predicted molar refractivity (Wildman–Crippen MR) is 96.7 cm³/mol. The molecule has 1 unspecified atom stereocenters. The van der Waals surface area contributed by atoms with E-state index in [-0.39, 0.29) is 12.0 Å². The fourth-order valence-electron chi connectivity index (χ4n) is 2.31. The molecule has 0 aromatic heterocycles. The largest absolute Gasteiger partial charge is 0.491 e. The second kappa shape index (κ2) is 8.39. The number of rotatable bonds is 7. The summed E-state index contributed by atoms with van der Waals surface area (Å²) >= 11 is 0. The quantitative estimate of drug-likeness (QED) is 0.810. The van der Waals surface area contributed by atoms with Gasteiger partial charge in [-0.1, -0.05) is 31.2 Å². The van der Waals surface area contributed by atoms with Gasteiger partial charge in [0, 0.05) is 11.8 Å². The first-order valence-electron chi connectivity index (χ1n) is 8.29. The molecule has 128 valence electrons. The molecule has 24 heavy (non-hydrogen) atoms. The number of para-hydroxylation sites is 1. The topological polar surface area (TPSA) is 47.6 Å². The second-order valence-corrected chi connectivity index (χ2v) is 5.96. The number of carbonyl (C=O) groups excluding carboxylic acids is 1. The Balaban J connectivity index is 2.05. The zero-order valence-corrected chi connectivity index (χ0v) is 14.7. The number of anilines is 1. The Morgan fingerprint density at radius 1 is 1.08 bits per heavy atom.